The molecule has 0 saturated carbocycles. The van der Waals surface area contributed by atoms with E-state index >= 15 is 0 Å². The highest BCUT2D eigenvalue weighted by atomic mass is 14.8. The van der Waals surface area contributed by atoms with Crippen molar-refractivity contribution in [1.82, 2.24) is 0 Å². The number of hydrogen-bond donors (Lipinski definition) is 3. The lowest BCUT2D eigenvalue weighted by Crippen LogP contribution is -3.07. The molecule has 0 spiro atoms. The summed E-state index contributed by atoms with van der Waals surface area (Å²) in [5.41, 5.74) is 6.85. The molecule has 0 heterocycles. The van der Waals surface area contributed by atoms with E-state index in [0.717, 1.165) is 0 Å². The molecule has 6 heavy (non-hydrogen) atoms. The van der Waals surface area contributed by atoms with Gasteiger partial charge in [0.2, 0.25) is 0 Å². The average Bonchev–Trinajstić information content (AvgIpc) is 1.41. The van der Waals surface area contributed by atoms with Gasteiger partial charge in [0.25, 0.3) is 15.1 Å². The molecule has 0 aliphatic carbocycles. The molecule has 0 aliphatic heterocycles. The van der Waals surface area contributed by atoms with Crippen LogP contribution in [0.4, 0.5) is 0 Å². The van der Waals surface area contributed by atoms with Gasteiger partial charge >= 0.3 is 0 Å². The fourth-order valence-electron chi connectivity index (χ4n) is 0.0962. The van der Waals surface area contributed by atoms with Gasteiger partial charge in [-0.1, -0.05) is 0 Å². The van der Waals surface area contributed by atoms with E-state index in [1.807, 2.05) is 0 Å². The van der Waals surface area contributed by atoms with Crippen LogP contribution in [-0.2, 0) is 0 Å². The summed E-state index contributed by atoms with van der Waals surface area (Å²) in [5.74, 6) is 0. The largest absolute Gasteiger partial charge is 1.00 e. The molecule has 0 rings (SSSR count). The van der Waals surface area contributed by atoms with Crippen molar-refractivity contribution in [1.29, 1.82) is 0 Å². The third-order valence-corrected chi connectivity index (χ3v) is 0.272. The summed E-state index contributed by atoms with van der Waals surface area (Å²) < 4.78 is 0. The summed E-state index contributed by atoms with van der Waals surface area (Å²) >= 11 is 0. The molecule has 32 valence electrons. The van der Waals surface area contributed by atoms with Crippen LogP contribution in [0.1, 0.15) is 0 Å². The van der Waals surface area contributed by atoms with Crippen molar-refractivity contribution >= 4 is 23.5 Å². The van der Waals surface area contributed by atoms with Crippen LogP contribution in [0.25, 0.3) is 0 Å². The van der Waals surface area contributed by atoms with Gasteiger partial charge in [-0.25, -0.2) is 0 Å². The zero-order valence-corrected chi connectivity index (χ0v) is 3.72. The van der Waals surface area contributed by atoms with Crippen LogP contribution in [0.5, 0.6) is 0 Å². The smallest absolute Gasteiger partial charge is 0.287 e. The van der Waals surface area contributed by atoms with E-state index in [-0.39, 0.29) is 8.41 Å². The second kappa shape index (κ2) is 8.91. The molecule has 0 aromatic carbocycles. The molecule has 0 aromatic rings. The van der Waals surface area contributed by atoms with Crippen LogP contribution in [0.3, 0.4) is 0 Å². The van der Waals surface area contributed by atoms with Crippen molar-refractivity contribution in [2.75, 3.05) is 0 Å². The van der Waals surface area contributed by atoms with Gasteiger partial charge in [-0.05, 0) is 0 Å². The highest BCUT2D eigenvalue weighted by Crippen LogP contribution is 0.738. The fourth-order valence-corrected chi connectivity index (χ4v) is 0.0962. The van der Waals surface area contributed by atoms with Gasteiger partial charge in [0.1, 0.15) is 0 Å². The molecule has 8 N–H and O–H groups in total. The SMILES string of the molecule is [B-].[NH3+][B-][NH2+][B-][NH3+]. The molecular weight excluding hydrogens is 74.5 g/mol. The molecule has 0 saturated heterocycles. The minimum Gasteiger partial charge on any atom is -1.00 e. The van der Waals surface area contributed by atoms with Crippen molar-refractivity contribution in [2.45, 2.75) is 0 Å². The van der Waals surface area contributed by atoms with Gasteiger partial charge in [-0.15, -0.1) is 0 Å². The van der Waals surface area contributed by atoms with Crippen LogP contribution in [0, 0.1) is 0 Å². The summed E-state index contributed by atoms with van der Waals surface area (Å²) in [6.45, 7) is 0. The molecule has 0 bridgehead atoms. The number of quaternary nitrogens is 3. The monoisotopic (exact) mass is 83.1 g/mol. The lowest BCUT2D eigenvalue weighted by Gasteiger charge is -1.98. The number of rotatable bonds is 2. The van der Waals surface area contributed by atoms with E-state index in [2.05, 4.69) is 11.3 Å². The van der Waals surface area contributed by atoms with Gasteiger partial charge < -0.3 is 24.8 Å². The maximum Gasteiger partial charge on any atom is 0.287 e. The van der Waals surface area contributed by atoms with Crippen LogP contribution in [0.15, 0.2) is 0 Å². The Kier molecular flexibility index (Phi) is 14.0. The first-order valence-corrected chi connectivity index (χ1v) is 1.48. The zero-order chi connectivity index (χ0) is 4.12. The quantitative estimate of drug-likeness (QED) is 0.279. The number of nitrogens with two attached hydrogens (primary N) is 1. The molecule has 6 heteroatoms. The summed E-state index contributed by atoms with van der Waals surface area (Å²) in [4.78, 5) is 0. The van der Waals surface area contributed by atoms with E-state index in [4.69, 9.17) is 0 Å². The molecule has 0 fully saturated rings. The van der Waals surface area contributed by atoms with Gasteiger partial charge in [-0.3, -0.25) is 0 Å². The molecule has 0 amide bonds. The Morgan fingerprint density at radius 2 is 1.50 bits per heavy atom. The Balaban J connectivity index is 0. The first-order valence-electron chi connectivity index (χ1n) is 1.48. The minimum atomic E-state index is 0. The van der Waals surface area contributed by atoms with Gasteiger partial charge in [0, 0.05) is 0 Å². The number of hydrogen-bond acceptors (Lipinski definition) is 0. The predicted octanol–water partition coefficient (Wildman–Crippen LogP) is -5.28. The first kappa shape index (κ1) is 9.42. The van der Waals surface area contributed by atoms with Crippen LogP contribution in [-0.4, -0.2) is 23.5 Å². The lowest BCUT2D eigenvalue weighted by molar-refractivity contribution is -0.480. The summed E-state index contributed by atoms with van der Waals surface area (Å²) in [6.07, 6.45) is 0. The van der Waals surface area contributed by atoms with E-state index < -0.39 is 0 Å². The average molecular weight is 82.5 g/mol. The fraction of sp³-hybridized carbons (Fsp3) is 0. The summed E-state index contributed by atoms with van der Waals surface area (Å²) in [5, 5.41) is 1.78. The van der Waals surface area contributed by atoms with E-state index in [1.165, 1.54) is 0 Å². The molecule has 0 aromatic heterocycles. The van der Waals surface area contributed by atoms with Crippen LogP contribution < -0.4 is 16.4 Å². The Bertz CT molecular complexity index is 13.5. The Labute approximate surface area is 41.0 Å². The maximum atomic E-state index is 3.42. The van der Waals surface area contributed by atoms with Crippen molar-refractivity contribution < 1.29 is 16.4 Å². The predicted molar refractivity (Wildman–Crippen MR) is 25.0 cm³/mol. The molecule has 0 unspecified atom stereocenters. The Hall–Kier alpha value is 0.0748. The molecule has 0 atom stereocenters. The van der Waals surface area contributed by atoms with Crippen molar-refractivity contribution in [3.8, 4) is 0 Å². The van der Waals surface area contributed by atoms with E-state index in [1.54, 1.807) is 20.2 Å². The van der Waals surface area contributed by atoms with E-state index in [9.17, 15) is 0 Å². The minimum absolute atomic E-state index is 0. The van der Waals surface area contributed by atoms with Gasteiger partial charge in [0.15, 0.2) is 0 Å². The van der Waals surface area contributed by atoms with Crippen molar-refractivity contribution in [3.63, 3.8) is 0 Å². The second-order valence-electron chi connectivity index (χ2n) is 0.664. The Morgan fingerprint density at radius 1 is 1.17 bits per heavy atom. The molecular formula is H8B3N3. The van der Waals surface area contributed by atoms with Crippen LogP contribution >= 0.6 is 0 Å². The standard InChI is InChI=1S/B2H8N3.B/c3-1-5-2-4;/h5H2,3-4H3;/q+1;-1. The molecule has 0 aliphatic rings. The van der Waals surface area contributed by atoms with Crippen molar-refractivity contribution in [3.05, 3.63) is 0 Å². The van der Waals surface area contributed by atoms with Crippen molar-refractivity contribution in [2.24, 2.45) is 0 Å². The normalized spacial score (nSPS) is 7.00. The zero-order valence-electron chi connectivity index (χ0n) is 3.72. The summed E-state index contributed by atoms with van der Waals surface area (Å²) in [7, 11) is 3.38. The van der Waals surface area contributed by atoms with E-state index in [0.29, 0.717) is 0 Å². The van der Waals surface area contributed by atoms with Crippen LogP contribution in [0.2, 0.25) is 0 Å². The highest BCUT2D eigenvalue weighted by Gasteiger charge is 1.61. The van der Waals surface area contributed by atoms with Gasteiger partial charge in [-0.2, -0.15) is 0 Å². The van der Waals surface area contributed by atoms with Gasteiger partial charge in [0.05, 0.1) is 0 Å². The maximum absolute atomic E-state index is 3.42. The lowest BCUT2D eigenvalue weighted by atomic mass is 10.1. The topological polar surface area (TPSA) is 71.9 Å². The molecule has 8 radical (unpaired) electrons. The highest BCUT2D eigenvalue weighted by molar-refractivity contribution is 6.24. The summed E-state index contributed by atoms with van der Waals surface area (Å²) in [6, 6.07) is 0. The molecule has 3 nitrogen and oxygen atoms in total. The Morgan fingerprint density at radius 3 is 1.50 bits per heavy atom. The second-order valence-corrected chi connectivity index (χ2v) is 0.664. The third kappa shape index (κ3) is 8.95. The third-order valence-electron chi connectivity index (χ3n) is 0.272. The first-order chi connectivity index (χ1) is 2.41.